The minimum atomic E-state index is -0.214. The molecule has 2 rings (SSSR count). The fourth-order valence-corrected chi connectivity index (χ4v) is 2.23. The lowest BCUT2D eigenvalue weighted by atomic mass is 9.79. The molecule has 15 heavy (non-hydrogen) atoms. The predicted molar refractivity (Wildman–Crippen MR) is 60.3 cm³/mol. The molecule has 82 valence electrons. The Morgan fingerprint density at radius 1 is 1.53 bits per heavy atom. The number of hydrogen-bond acceptors (Lipinski definition) is 3. The fraction of sp³-hybridized carbons (Fsp3) is 0.455. The molecule has 1 aliphatic rings. The van der Waals surface area contributed by atoms with Crippen LogP contribution in [-0.2, 0) is 10.2 Å². The van der Waals surface area contributed by atoms with Crippen LogP contribution in [-0.4, -0.2) is 32.0 Å². The Balaban J connectivity index is 2.33. The zero-order valence-corrected chi connectivity index (χ0v) is 10.1. The molecule has 0 spiro atoms. The number of hydrogen-bond donors (Lipinski definition) is 1. The zero-order valence-electron chi connectivity index (χ0n) is 8.50. The van der Waals surface area contributed by atoms with E-state index in [4.69, 9.17) is 9.47 Å². The van der Waals surface area contributed by atoms with Crippen molar-refractivity contribution in [2.45, 2.75) is 5.41 Å². The van der Waals surface area contributed by atoms with Gasteiger partial charge in [0, 0.05) is 0 Å². The quantitative estimate of drug-likeness (QED) is 0.911. The third-order valence-corrected chi connectivity index (χ3v) is 3.44. The first kappa shape index (κ1) is 10.9. The van der Waals surface area contributed by atoms with Gasteiger partial charge in [0.15, 0.2) is 0 Å². The van der Waals surface area contributed by atoms with Crippen molar-refractivity contribution in [1.82, 2.24) is 0 Å². The average Bonchev–Trinajstić information content (AvgIpc) is 2.17. The third-order valence-electron chi connectivity index (χ3n) is 2.82. The maximum atomic E-state index is 9.38. The van der Waals surface area contributed by atoms with Gasteiger partial charge in [-0.3, -0.25) is 0 Å². The number of rotatable bonds is 3. The largest absolute Gasteiger partial charge is 0.496 e. The molecule has 0 atom stereocenters. The van der Waals surface area contributed by atoms with Gasteiger partial charge >= 0.3 is 0 Å². The molecule has 1 fully saturated rings. The van der Waals surface area contributed by atoms with E-state index in [-0.39, 0.29) is 12.0 Å². The van der Waals surface area contributed by atoms with E-state index in [1.165, 1.54) is 0 Å². The number of halogens is 1. The van der Waals surface area contributed by atoms with Gasteiger partial charge in [0.1, 0.15) is 5.75 Å². The Bertz CT molecular complexity index is 355. The number of aliphatic hydroxyl groups is 1. The van der Waals surface area contributed by atoms with Crippen molar-refractivity contribution in [3.8, 4) is 5.75 Å². The maximum Gasteiger partial charge on any atom is 0.133 e. The molecule has 0 aromatic heterocycles. The van der Waals surface area contributed by atoms with Crippen LogP contribution in [0, 0.1) is 0 Å². The van der Waals surface area contributed by atoms with Crippen molar-refractivity contribution in [2.24, 2.45) is 0 Å². The fourth-order valence-electron chi connectivity index (χ4n) is 1.69. The van der Waals surface area contributed by atoms with E-state index in [1.54, 1.807) is 7.11 Å². The van der Waals surface area contributed by atoms with Crippen LogP contribution >= 0.6 is 15.9 Å². The van der Waals surface area contributed by atoms with E-state index in [2.05, 4.69) is 15.9 Å². The molecule has 3 nitrogen and oxygen atoms in total. The summed E-state index contributed by atoms with van der Waals surface area (Å²) in [4.78, 5) is 0. The van der Waals surface area contributed by atoms with Crippen LogP contribution in [0.4, 0.5) is 0 Å². The summed E-state index contributed by atoms with van der Waals surface area (Å²) in [5.74, 6) is 0.798. The molecule has 1 aromatic carbocycles. The van der Waals surface area contributed by atoms with E-state index in [9.17, 15) is 5.11 Å². The van der Waals surface area contributed by atoms with Crippen LogP contribution in [0.1, 0.15) is 5.56 Å². The van der Waals surface area contributed by atoms with Gasteiger partial charge in [-0.2, -0.15) is 0 Å². The molecular formula is C11H13BrO3. The third kappa shape index (κ3) is 1.77. The molecule has 0 unspecified atom stereocenters. The summed E-state index contributed by atoms with van der Waals surface area (Å²) in [6.07, 6.45) is 0. The van der Waals surface area contributed by atoms with E-state index in [0.29, 0.717) is 13.2 Å². The van der Waals surface area contributed by atoms with Gasteiger partial charge in [0.25, 0.3) is 0 Å². The Morgan fingerprint density at radius 2 is 2.27 bits per heavy atom. The number of benzene rings is 1. The minimum Gasteiger partial charge on any atom is -0.496 e. The standard InChI is InChI=1S/C11H13BrO3/c1-14-10-3-2-8(4-9(10)12)11(5-13)6-15-7-11/h2-4,13H,5-7H2,1H3. The van der Waals surface area contributed by atoms with Gasteiger partial charge < -0.3 is 14.6 Å². The summed E-state index contributed by atoms with van der Waals surface area (Å²) in [5, 5.41) is 9.38. The maximum absolute atomic E-state index is 9.38. The summed E-state index contributed by atoms with van der Waals surface area (Å²) in [6.45, 7) is 1.29. The second-order valence-electron chi connectivity index (χ2n) is 3.78. The summed E-state index contributed by atoms with van der Waals surface area (Å²) in [6, 6.07) is 5.86. The van der Waals surface area contributed by atoms with Crippen molar-refractivity contribution in [1.29, 1.82) is 0 Å². The second kappa shape index (κ2) is 4.12. The molecule has 0 aliphatic carbocycles. The van der Waals surface area contributed by atoms with E-state index in [1.807, 2.05) is 18.2 Å². The molecule has 1 aliphatic heterocycles. The topological polar surface area (TPSA) is 38.7 Å². The van der Waals surface area contributed by atoms with Gasteiger partial charge in [-0.25, -0.2) is 0 Å². The normalized spacial score (nSPS) is 18.3. The molecule has 4 heteroatoms. The SMILES string of the molecule is COc1ccc(C2(CO)COC2)cc1Br. The van der Waals surface area contributed by atoms with Crippen LogP contribution in [0.25, 0.3) is 0 Å². The van der Waals surface area contributed by atoms with Crippen LogP contribution in [0.2, 0.25) is 0 Å². The zero-order chi connectivity index (χ0) is 10.9. The highest BCUT2D eigenvalue weighted by molar-refractivity contribution is 9.10. The smallest absolute Gasteiger partial charge is 0.133 e. The minimum absolute atomic E-state index is 0.117. The Morgan fingerprint density at radius 3 is 2.67 bits per heavy atom. The van der Waals surface area contributed by atoms with Crippen molar-refractivity contribution < 1.29 is 14.6 Å². The Kier molecular flexibility index (Phi) is 3.00. The highest BCUT2D eigenvalue weighted by Gasteiger charge is 2.40. The van der Waals surface area contributed by atoms with Gasteiger partial charge in [-0.05, 0) is 33.6 Å². The van der Waals surface area contributed by atoms with Crippen LogP contribution in [0.3, 0.4) is 0 Å². The van der Waals surface area contributed by atoms with Crippen LogP contribution in [0.5, 0.6) is 5.75 Å². The highest BCUT2D eigenvalue weighted by Crippen LogP contribution is 2.36. The average molecular weight is 273 g/mol. The number of aliphatic hydroxyl groups excluding tert-OH is 1. The molecule has 0 radical (unpaired) electrons. The monoisotopic (exact) mass is 272 g/mol. The molecule has 0 bridgehead atoms. The molecule has 1 N–H and O–H groups in total. The first-order valence-corrected chi connectivity index (χ1v) is 5.54. The van der Waals surface area contributed by atoms with Crippen molar-refractivity contribution >= 4 is 15.9 Å². The van der Waals surface area contributed by atoms with Gasteiger partial charge in [-0.1, -0.05) is 6.07 Å². The lowest BCUT2D eigenvalue weighted by Gasteiger charge is -2.40. The Hall–Kier alpha value is -0.580. The van der Waals surface area contributed by atoms with Crippen LogP contribution in [0.15, 0.2) is 22.7 Å². The van der Waals surface area contributed by atoms with Crippen molar-refractivity contribution in [2.75, 3.05) is 26.9 Å². The summed E-state index contributed by atoms with van der Waals surface area (Å²) >= 11 is 3.43. The number of ether oxygens (including phenoxy) is 2. The van der Waals surface area contributed by atoms with Crippen molar-refractivity contribution in [3.63, 3.8) is 0 Å². The molecule has 1 aromatic rings. The molecule has 0 amide bonds. The van der Waals surface area contributed by atoms with E-state index in [0.717, 1.165) is 15.8 Å². The predicted octanol–water partition coefficient (Wildman–Crippen LogP) is 1.72. The summed E-state index contributed by atoms with van der Waals surface area (Å²) in [5.41, 5.74) is 0.873. The first-order chi connectivity index (χ1) is 7.22. The summed E-state index contributed by atoms with van der Waals surface area (Å²) < 4.78 is 11.2. The molecular weight excluding hydrogens is 260 g/mol. The van der Waals surface area contributed by atoms with Crippen LogP contribution < -0.4 is 4.74 Å². The van der Waals surface area contributed by atoms with Crippen molar-refractivity contribution in [3.05, 3.63) is 28.2 Å². The molecule has 1 saturated heterocycles. The lowest BCUT2D eigenvalue weighted by Crippen LogP contribution is -2.49. The Labute approximate surface area is 97.1 Å². The molecule has 1 heterocycles. The number of methoxy groups -OCH3 is 1. The molecule has 0 saturated carbocycles. The van der Waals surface area contributed by atoms with E-state index < -0.39 is 0 Å². The highest BCUT2D eigenvalue weighted by atomic mass is 79.9. The lowest BCUT2D eigenvalue weighted by molar-refractivity contribution is -0.0842. The first-order valence-electron chi connectivity index (χ1n) is 4.74. The second-order valence-corrected chi connectivity index (χ2v) is 4.63. The van der Waals surface area contributed by atoms with Gasteiger partial charge in [-0.15, -0.1) is 0 Å². The van der Waals surface area contributed by atoms with E-state index >= 15 is 0 Å². The summed E-state index contributed by atoms with van der Waals surface area (Å²) in [7, 11) is 1.63. The van der Waals surface area contributed by atoms with Gasteiger partial charge in [0.2, 0.25) is 0 Å². The van der Waals surface area contributed by atoms with Gasteiger partial charge in [0.05, 0.1) is 36.8 Å².